The highest BCUT2D eigenvalue weighted by Crippen LogP contribution is 2.21. The smallest absolute Gasteiger partial charge is 0.256 e. The van der Waals surface area contributed by atoms with Gasteiger partial charge >= 0.3 is 0 Å². The van der Waals surface area contributed by atoms with Gasteiger partial charge in [-0.05, 0) is 19.2 Å². The van der Waals surface area contributed by atoms with Gasteiger partial charge in [-0.3, -0.25) is 4.79 Å². The van der Waals surface area contributed by atoms with Gasteiger partial charge in [0, 0.05) is 19.2 Å². The third kappa shape index (κ3) is 2.40. The summed E-state index contributed by atoms with van der Waals surface area (Å²) in [6.45, 7) is 3.17. The van der Waals surface area contributed by atoms with Crippen LogP contribution in [0.3, 0.4) is 0 Å². The van der Waals surface area contributed by atoms with Crippen molar-refractivity contribution in [1.29, 1.82) is 0 Å². The van der Waals surface area contributed by atoms with E-state index >= 15 is 0 Å². The van der Waals surface area contributed by atoms with Crippen LogP contribution in [0.25, 0.3) is 0 Å². The fraction of sp³-hybridized carbons (Fsp3) is 0.385. The molecular weight excluding hydrogens is 274 g/mol. The van der Waals surface area contributed by atoms with Gasteiger partial charge in [-0.25, -0.2) is 15.0 Å². The van der Waals surface area contributed by atoms with Crippen LogP contribution in [0.4, 0.5) is 5.82 Å². The molecule has 3 heterocycles. The van der Waals surface area contributed by atoms with Crippen molar-refractivity contribution in [1.82, 2.24) is 19.9 Å². The van der Waals surface area contributed by atoms with Gasteiger partial charge in [0.05, 0.1) is 17.8 Å². The van der Waals surface area contributed by atoms with Gasteiger partial charge < -0.3 is 9.88 Å². The molecule has 1 aliphatic heterocycles. The first-order chi connectivity index (χ1) is 9.67. The molecule has 7 heteroatoms. The number of rotatable bonds is 2. The minimum atomic E-state index is -0.0450. The molecule has 0 aliphatic carbocycles. The molecule has 0 fully saturated rings. The minimum Gasteiger partial charge on any atom is -0.351 e. The predicted octanol–water partition coefficient (Wildman–Crippen LogP) is 1.15. The van der Waals surface area contributed by atoms with Gasteiger partial charge in [0.15, 0.2) is 5.16 Å². The molecule has 1 N–H and O–H groups in total. The maximum atomic E-state index is 12.0. The lowest BCUT2D eigenvalue weighted by molar-refractivity contribution is 0.678. The first-order valence-electron chi connectivity index (χ1n) is 6.38. The van der Waals surface area contributed by atoms with Gasteiger partial charge in [-0.2, -0.15) is 0 Å². The van der Waals surface area contributed by atoms with Crippen molar-refractivity contribution in [2.75, 3.05) is 17.7 Å². The van der Waals surface area contributed by atoms with E-state index in [2.05, 4.69) is 24.8 Å². The molecule has 104 valence electrons. The highest BCUT2D eigenvalue weighted by Gasteiger charge is 2.21. The Balaban J connectivity index is 1.94. The van der Waals surface area contributed by atoms with Crippen molar-refractivity contribution < 1.29 is 0 Å². The highest BCUT2D eigenvalue weighted by molar-refractivity contribution is 7.98. The van der Waals surface area contributed by atoms with Crippen molar-refractivity contribution in [3.63, 3.8) is 0 Å². The van der Waals surface area contributed by atoms with Gasteiger partial charge in [0.25, 0.3) is 5.56 Å². The summed E-state index contributed by atoms with van der Waals surface area (Å²) in [5.74, 6) is 1.53. The summed E-state index contributed by atoms with van der Waals surface area (Å²) >= 11 is 1.51. The molecule has 0 bridgehead atoms. The Morgan fingerprint density at radius 2 is 2.25 bits per heavy atom. The second-order valence-electron chi connectivity index (χ2n) is 4.65. The Labute approximate surface area is 120 Å². The molecule has 0 saturated heterocycles. The molecule has 1 aliphatic rings. The highest BCUT2D eigenvalue weighted by atomic mass is 32.2. The summed E-state index contributed by atoms with van der Waals surface area (Å²) < 4.78 is 0. The van der Waals surface area contributed by atoms with Crippen LogP contribution in [0.15, 0.2) is 22.2 Å². The third-order valence-corrected chi connectivity index (χ3v) is 3.87. The largest absolute Gasteiger partial charge is 0.351 e. The van der Waals surface area contributed by atoms with E-state index in [9.17, 15) is 4.79 Å². The van der Waals surface area contributed by atoms with E-state index in [0.29, 0.717) is 12.4 Å². The van der Waals surface area contributed by atoms with Gasteiger partial charge in [-0.1, -0.05) is 11.8 Å². The second-order valence-corrected chi connectivity index (χ2v) is 5.42. The van der Waals surface area contributed by atoms with E-state index in [-0.39, 0.29) is 5.56 Å². The van der Waals surface area contributed by atoms with E-state index in [0.717, 1.165) is 35.2 Å². The van der Waals surface area contributed by atoms with Crippen molar-refractivity contribution in [2.24, 2.45) is 0 Å². The normalized spacial score (nSPS) is 14.2. The minimum absolute atomic E-state index is 0.0450. The molecule has 0 amide bonds. The molecule has 20 heavy (non-hydrogen) atoms. The topological polar surface area (TPSA) is 74.8 Å². The van der Waals surface area contributed by atoms with E-state index in [1.165, 1.54) is 11.8 Å². The van der Waals surface area contributed by atoms with Crippen LogP contribution in [0, 0.1) is 6.92 Å². The predicted molar refractivity (Wildman–Crippen MR) is 78.2 cm³/mol. The van der Waals surface area contributed by atoms with E-state index in [4.69, 9.17) is 0 Å². The standard InChI is InChI=1S/C13H15N5OS/c1-8-15-10-4-6-18(7-9(10)12(19)16-8)11-3-5-14-13(17-11)20-2/h3,5H,4,6-7H2,1-2H3,(H,15,16,19). The second kappa shape index (κ2) is 5.24. The van der Waals surface area contributed by atoms with Gasteiger partial charge in [0.1, 0.15) is 11.6 Å². The SMILES string of the molecule is CSc1nccc(N2CCc3nc(C)[nH]c(=O)c3C2)n1. The number of fused-ring (bicyclic) bond motifs is 1. The Morgan fingerprint density at radius 1 is 1.40 bits per heavy atom. The summed E-state index contributed by atoms with van der Waals surface area (Å²) in [6.07, 6.45) is 4.46. The average Bonchev–Trinajstić information content (AvgIpc) is 2.47. The Morgan fingerprint density at radius 3 is 3.05 bits per heavy atom. The summed E-state index contributed by atoms with van der Waals surface area (Å²) in [5, 5.41) is 0.740. The van der Waals surface area contributed by atoms with Crippen LogP contribution >= 0.6 is 11.8 Å². The molecule has 0 unspecified atom stereocenters. The zero-order valence-corrected chi connectivity index (χ0v) is 12.2. The number of aromatic nitrogens is 4. The number of H-pyrrole nitrogens is 1. The molecular formula is C13H15N5OS. The van der Waals surface area contributed by atoms with Crippen molar-refractivity contribution in [2.45, 2.75) is 25.0 Å². The summed E-state index contributed by atoms with van der Waals surface area (Å²) in [7, 11) is 0. The fourth-order valence-corrected chi connectivity index (χ4v) is 2.70. The van der Waals surface area contributed by atoms with Crippen molar-refractivity contribution in [3.8, 4) is 0 Å². The van der Waals surface area contributed by atoms with Gasteiger partial charge in [-0.15, -0.1) is 0 Å². The molecule has 2 aromatic rings. The lowest BCUT2D eigenvalue weighted by Crippen LogP contribution is -2.36. The molecule has 3 rings (SSSR count). The van der Waals surface area contributed by atoms with Crippen LogP contribution in [0.5, 0.6) is 0 Å². The van der Waals surface area contributed by atoms with Crippen LogP contribution in [-0.2, 0) is 13.0 Å². The molecule has 6 nitrogen and oxygen atoms in total. The molecule has 0 spiro atoms. The van der Waals surface area contributed by atoms with E-state index in [1.807, 2.05) is 19.2 Å². The molecule has 0 saturated carbocycles. The molecule has 0 aromatic carbocycles. The lowest BCUT2D eigenvalue weighted by Gasteiger charge is -2.28. The van der Waals surface area contributed by atoms with Crippen LogP contribution in [0.2, 0.25) is 0 Å². The number of aryl methyl sites for hydroxylation is 1. The van der Waals surface area contributed by atoms with Crippen molar-refractivity contribution >= 4 is 17.6 Å². The molecule has 2 aromatic heterocycles. The Bertz CT molecular complexity index is 699. The molecule has 0 radical (unpaired) electrons. The number of anilines is 1. The molecule has 0 atom stereocenters. The first-order valence-corrected chi connectivity index (χ1v) is 7.60. The maximum Gasteiger partial charge on any atom is 0.256 e. The summed E-state index contributed by atoms with van der Waals surface area (Å²) in [4.78, 5) is 30.0. The number of thioether (sulfide) groups is 1. The number of aromatic amines is 1. The zero-order chi connectivity index (χ0) is 14.1. The number of hydrogen-bond acceptors (Lipinski definition) is 6. The monoisotopic (exact) mass is 289 g/mol. The Kier molecular flexibility index (Phi) is 3.43. The maximum absolute atomic E-state index is 12.0. The van der Waals surface area contributed by atoms with Crippen LogP contribution in [0.1, 0.15) is 17.1 Å². The Hall–Kier alpha value is -1.89. The van der Waals surface area contributed by atoms with E-state index in [1.54, 1.807) is 6.20 Å². The number of nitrogens with one attached hydrogen (secondary N) is 1. The van der Waals surface area contributed by atoms with Crippen LogP contribution in [-0.4, -0.2) is 32.7 Å². The number of nitrogens with zero attached hydrogens (tertiary/aromatic N) is 4. The number of hydrogen-bond donors (Lipinski definition) is 1. The van der Waals surface area contributed by atoms with Crippen LogP contribution < -0.4 is 10.5 Å². The fourth-order valence-electron chi connectivity index (χ4n) is 2.35. The first kappa shape index (κ1) is 13.1. The third-order valence-electron chi connectivity index (χ3n) is 3.31. The lowest BCUT2D eigenvalue weighted by atomic mass is 10.1. The van der Waals surface area contributed by atoms with Gasteiger partial charge in [0.2, 0.25) is 0 Å². The average molecular weight is 289 g/mol. The summed E-state index contributed by atoms with van der Waals surface area (Å²) in [5.41, 5.74) is 1.60. The quantitative estimate of drug-likeness (QED) is 0.660. The van der Waals surface area contributed by atoms with E-state index < -0.39 is 0 Å². The summed E-state index contributed by atoms with van der Waals surface area (Å²) in [6, 6.07) is 1.88. The van der Waals surface area contributed by atoms with Crippen molar-refractivity contribution in [3.05, 3.63) is 39.7 Å². The zero-order valence-electron chi connectivity index (χ0n) is 11.4.